The topological polar surface area (TPSA) is 140 Å². The standard InChI is InChI=1S/C16H17ClFN9O3/c17-11-7-10(1-2-12(11)18)19-16(21-28)15-13(22-30-23-15)8-27-14(20-24-25-27)9-26-3-5-29-6-4-26/h1-2,7,28H,3-6,8-9H2,(H,19,21). The van der Waals surface area contributed by atoms with E-state index >= 15 is 0 Å². The quantitative estimate of drug-likeness (QED) is 0.323. The van der Waals surface area contributed by atoms with Crippen LogP contribution < -0.4 is 5.48 Å². The molecule has 1 saturated heterocycles. The van der Waals surface area contributed by atoms with Gasteiger partial charge in [-0.3, -0.25) is 15.6 Å². The number of halogens is 2. The van der Waals surface area contributed by atoms with Crippen molar-refractivity contribution in [3.63, 3.8) is 0 Å². The number of hydrogen-bond acceptors (Lipinski definition) is 10. The molecule has 0 radical (unpaired) electrons. The van der Waals surface area contributed by atoms with Gasteiger partial charge < -0.3 is 4.74 Å². The summed E-state index contributed by atoms with van der Waals surface area (Å²) in [7, 11) is 0. The van der Waals surface area contributed by atoms with Crippen molar-refractivity contribution >= 4 is 23.1 Å². The first-order valence-electron chi connectivity index (χ1n) is 8.95. The van der Waals surface area contributed by atoms with Crippen LogP contribution in [-0.4, -0.2) is 72.8 Å². The Kier molecular flexibility index (Phi) is 6.23. The number of nitrogens with one attached hydrogen (secondary N) is 1. The molecule has 158 valence electrons. The van der Waals surface area contributed by atoms with Gasteiger partial charge in [-0.15, -0.1) is 5.10 Å². The summed E-state index contributed by atoms with van der Waals surface area (Å²) in [6.45, 7) is 3.58. The number of hydrogen-bond donors (Lipinski definition) is 2. The van der Waals surface area contributed by atoms with E-state index in [9.17, 15) is 9.60 Å². The molecule has 0 spiro atoms. The van der Waals surface area contributed by atoms with Crippen molar-refractivity contribution in [1.82, 2.24) is 40.9 Å². The fraction of sp³-hybridized carbons (Fsp3) is 0.375. The average Bonchev–Trinajstić information content (AvgIpc) is 3.40. The van der Waals surface area contributed by atoms with Crippen LogP contribution in [-0.2, 0) is 17.8 Å². The first kappa shape index (κ1) is 20.3. The molecule has 1 aromatic carbocycles. The molecule has 0 amide bonds. The van der Waals surface area contributed by atoms with E-state index in [1.807, 2.05) is 5.48 Å². The molecule has 2 aromatic heterocycles. The molecule has 0 atom stereocenters. The van der Waals surface area contributed by atoms with E-state index in [2.05, 4.69) is 35.7 Å². The molecule has 2 N–H and O–H groups in total. The fourth-order valence-corrected chi connectivity index (χ4v) is 3.04. The molecule has 4 rings (SSSR count). The number of aliphatic imine (C=N–C) groups is 1. The summed E-state index contributed by atoms with van der Waals surface area (Å²) in [5.41, 5.74) is 2.73. The molecule has 0 unspecified atom stereocenters. The molecule has 14 heteroatoms. The van der Waals surface area contributed by atoms with Crippen molar-refractivity contribution in [2.45, 2.75) is 13.1 Å². The van der Waals surface area contributed by atoms with Crippen LogP contribution in [0.25, 0.3) is 0 Å². The van der Waals surface area contributed by atoms with Crippen molar-refractivity contribution < 1.29 is 19.0 Å². The summed E-state index contributed by atoms with van der Waals surface area (Å²) in [4.78, 5) is 6.36. The highest BCUT2D eigenvalue weighted by Crippen LogP contribution is 2.22. The summed E-state index contributed by atoms with van der Waals surface area (Å²) < 4.78 is 25.1. The van der Waals surface area contributed by atoms with Gasteiger partial charge in [0.05, 0.1) is 37.0 Å². The Hall–Kier alpha value is -3.00. The van der Waals surface area contributed by atoms with E-state index in [1.54, 1.807) is 4.68 Å². The van der Waals surface area contributed by atoms with Gasteiger partial charge >= 0.3 is 0 Å². The van der Waals surface area contributed by atoms with Gasteiger partial charge in [0.2, 0.25) is 0 Å². The normalized spacial score (nSPS) is 15.5. The van der Waals surface area contributed by atoms with Gasteiger partial charge in [-0.05, 0) is 33.8 Å². The summed E-state index contributed by atoms with van der Waals surface area (Å²) in [5.74, 6) is -0.00672. The minimum absolute atomic E-state index is 0.0586. The Morgan fingerprint density at radius 3 is 2.87 bits per heavy atom. The molecule has 1 fully saturated rings. The van der Waals surface area contributed by atoms with E-state index < -0.39 is 5.82 Å². The summed E-state index contributed by atoms with van der Waals surface area (Å²) in [5, 5.41) is 28.9. The molecular weight excluding hydrogens is 421 g/mol. The van der Waals surface area contributed by atoms with Gasteiger partial charge in [0, 0.05) is 13.1 Å². The fourth-order valence-electron chi connectivity index (χ4n) is 2.87. The lowest BCUT2D eigenvalue weighted by atomic mass is 10.2. The van der Waals surface area contributed by atoms with Crippen LogP contribution >= 0.6 is 11.6 Å². The van der Waals surface area contributed by atoms with Crippen LogP contribution in [0.3, 0.4) is 0 Å². The van der Waals surface area contributed by atoms with Crippen LogP contribution in [0.2, 0.25) is 5.02 Å². The van der Waals surface area contributed by atoms with Gasteiger partial charge in [-0.1, -0.05) is 16.8 Å². The Bertz CT molecular complexity index is 1030. The van der Waals surface area contributed by atoms with Gasteiger partial charge in [0.15, 0.2) is 17.4 Å². The number of amidine groups is 1. The molecule has 0 bridgehead atoms. The van der Waals surface area contributed by atoms with Crippen LogP contribution in [0.1, 0.15) is 17.2 Å². The third kappa shape index (κ3) is 4.59. The maximum Gasteiger partial charge on any atom is 0.182 e. The largest absolute Gasteiger partial charge is 0.379 e. The predicted molar refractivity (Wildman–Crippen MR) is 99.8 cm³/mol. The van der Waals surface area contributed by atoms with Crippen LogP contribution in [0, 0.1) is 5.82 Å². The molecule has 12 nitrogen and oxygen atoms in total. The second-order valence-electron chi connectivity index (χ2n) is 6.37. The molecule has 30 heavy (non-hydrogen) atoms. The molecular formula is C16H17ClFN9O3. The highest BCUT2D eigenvalue weighted by atomic mass is 35.5. The highest BCUT2D eigenvalue weighted by molar-refractivity contribution is 6.31. The third-order valence-corrected chi connectivity index (χ3v) is 4.69. The number of nitrogens with zero attached hydrogens (tertiary/aromatic N) is 8. The van der Waals surface area contributed by atoms with E-state index in [-0.39, 0.29) is 23.1 Å². The lowest BCUT2D eigenvalue weighted by Gasteiger charge is -2.25. The zero-order chi connectivity index (χ0) is 20.9. The maximum absolute atomic E-state index is 13.4. The zero-order valence-corrected chi connectivity index (χ0v) is 16.3. The zero-order valence-electron chi connectivity index (χ0n) is 15.6. The summed E-state index contributed by atoms with van der Waals surface area (Å²) >= 11 is 5.78. The number of rotatable bonds is 6. The maximum atomic E-state index is 13.4. The van der Waals surface area contributed by atoms with E-state index in [4.69, 9.17) is 21.0 Å². The Balaban J connectivity index is 1.55. The lowest BCUT2D eigenvalue weighted by Crippen LogP contribution is -2.36. The monoisotopic (exact) mass is 437 g/mol. The number of morpholine rings is 1. The summed E-state index contributed by atoms with van der Waals surface area (Å²) in [6, 6.07) is 3.87. The number of benzene rings is 1. The molecule has 3 heterocycles. The number of tetrazole rings is 1. The van der Waals surface area contributed by atoms with Gasteiger partial charge in [0.1, 0.15) is 11.5 Å². The van der Waals surface area contributed by atoms with Crippen molar-refractivity contribution in [1.29, 1.82) is 0 Å². The number of hydroxylamine groups is 1. The van der Waals surface area contributed by atoms with E-state index in [0.29, 0.717) is 37.0 Å². The highest BCUT2D eigenvalue weighted by Gasteiger charge is 2.21. The van der Waals surface area contributed by atoms with Crippen LogP contribution in [0.5, 0.6) is 0 Å². The second-order valence-corrected chi connectivity index (χ2v) is 6.78. The SMILES string of the molecule is ONC(=Nc1ccc(F)c(Cl)c1)c1nonc1Cn1nnnc1CN1CCOCC1. The molecule has 0 aliphatic carbocycles. The first-order valence-corrected chi connectivity index (χ1v) is 9.32. The van der Waals surface area contributed by atoms with Gasteiger partial charge in [-0.25, -0.2) is 18.7 Å². The number of ether oxygens (including phenoxy) is 1. The first-order chi connectivity index (χ1) is 14.6. The van der Waals surface area contributed by atoms with Gasteiger partial charge in [-0.2, -0.15) is 0 Å². The van der Waals surface area contributed by atoms with Crippen molar-refractivity contribution in [3.05, 3.63) is 46.3 Å². The van der Waals surface area contributed by atoms with Crippen molar-refractivity contribution in [2.24, 2.45) is 4.99 Å². The smallest absolute Gasteiger partial charge is 0.182 e. The third-order valence-electron chi connectivity index (χ3n) is 4.41. The molecule has 3 aromatic rings. The Morgan fingerprint density at radius 2 is 2.10 bits per heavy atom. The molecule has 0 saturated carbocycles. The number of aromatic nitrogens is 6. The Morgan fingerprint density at radius 1 is 1.27 bits per heavy atom. The summed E-state index contributed by atoms with van der Waals surface area (Å²) in [6.07, 6.45) is 0. The molecule has 1 aliphatic rings. The van der Waals surface area contributed by atoms with Crippen LogP contribution in [0.4, 0.5) is 10.1 Å². The molecule has 1 aliphatic heterocycles. The van der Waals surface area contributed by atoms with Gasteiger partial charge in [0.25, 0.3) is 0 Å². The second kappa shape index (κ2) is 9.21. The minimum atomic E-state index is -0.579. The van der Waals surface area contributed by atoms with Crippen molar-refractivity contribution in [2.75, 3.05) is 26.3 Å². The Labute approximate surface area is 174 Å². The minimum Gasteiger partial charge on any atom is -0.379 e. The predicted octanol–water partition coefficient (Wildman–Crippen LogP) is 0.786. The average molecular weight is 438 g/mol. The van der Waals surface area contributed by atoms with Crippen molar-refractivity contribution in [3.8, 4) is 0 Å². The van der Waals surface area contributed by atoms with E-state index in [1.165, 1.54) is 12.1 Å². The van der Waals surface area contributed by atoms with Crippen LogP contribution in [0.15, 0.2) is 27.8 Å². The lowest BCUT2D eigenvalue weighted by molar-refractivity contribution is 0.0324. The van der Waals surface area contributed by atoms with E-state index in [0.717, 1.165) is 19.2 Å².